The lowest BCUT2D eigenvalue weighted by Crippen LogP contribution is -2.19. The summed E-state index contributed by atoms with van der Waals surface area (Å²) < 4.78 is 20.8. The Kier molecular flexibility index (Phi) is 7.88. The highest BCUT2D eigenvalue weighted by Gasteiger charge is 2.24. The second-order valence-electron chi connectivity index (χ2n) is 7.06. The van der Waals surface area contributed by atoms with Gasteiger partial charge < -0.3 is 15.2 Å². The lowest BCUT2D eigenvalue weighted by Gasteiger charge is -2.12. The van der Waals surface area contributed by atoms with E-state index in [1.54, 1.807) is 42.5 Å². The van der Waals surface area contributed by atoms with Gasteiger partial charge >= 0.3 is 5.97 Å². The van der Waals surface area contributed by atoms with Gasteiger partial charge in [-0.3, -0.25) is 4.79 Å². The maximum absolute atomic E-state index is 13.1. The quantitative estimate of drug-likeness (QED) is 0.236. The van der Waals surface area contributed by atoms with Crippen LogP contribution in [0, 0.1) is 13.0 Å². The zero-order valence-corrected chi connectivity index (χ0v) is 22.4. The number of thioether (sulfide) groups is 1. The molecule has 172 valence electrons. The molecule has 2 N–H and O–H groups in total. The second-order valence-corrected chi connectivity index (χ2v) is 10.4. The molecule has 0 spiro atoms. The molecule has 1 fully saturated rings. The molecule has 1 amide bonds. The van der Waals surface area contributed by atoms with Crippen LogP contribution in [0.3, 0.4) is 0 Å². The van der Waals surface area contributed by atoms with Gasteiger partial charge in [-0.05, 0) is 123 Å². The van der Waals surface area contributed by atoms with Crippen LogP contribution in [0.25, 0.3) is 6.08 Å². The third-order valence-corrected chi connectivity index (χ3v) is 7.12. The van der Waals surface area contributed by atoms with Crippen molar-refractivity contribution in [1.29, 1.82) is 0 Å². The number of nitrogens with zero attached hydrogens (tertiary/aromatic N) is 1. The smallest absolute Gasteiger partial charge is 0.335 e. The highest BCUT2D eigenvalue weighted by molar-refractivity contribution is 14.1. The molecule has 1 aliphatic rings. The standard InChI is InChI=1S/C24H15FI2N2O4S/c25-16-5-7-17(8-6-16)28-24-29-22(30)20(34-24)11-14-9-18(26)21(19(27)10-14)33-12-13-1-3-15(4-2-13)23(31)32/h1-11H,12H2,(H,31,32)(H,28,29,30)/b20-11-. The fourth-order valence-corrected chi connectivity index (χ4v) is 5.93. The van der Waals surface area contributed by atoms with E-state index in [2.05, 4.69) is 55.5 Å². The SMILES string of the molecule is O=C1NC(=Nc2ccc(F)cc2)S/C1=C\c1cc(I)c(OCc2ccc(C(=O)O)cc2)c(I)c1. The van der Waals surface area contributed by atoms with E-state index in [4.69, 9.17) is 9.84 Å². The molecule has 1 aliphatic heterocycles. The molecular formula is C24H15FI2N2O4S. The second kappa shape index (κ2) is 10.9. The minimum Gasteiger partial charge on any atom is -0.487 e. The molecule has 3 aromatic rings. The number of hydrogen-bond acceptors (Lipinski definition) is 5. The predicted molar refractivity (Wildman–Crippen MR) is 147 cm³/mol. The van der Waals surface area contributed by atoms with Gasteiger partial charge in [0, 0.05) is 0 Å². The number of amidine groups is 1. The van der Waals surface area contributed by atoms with Crippen LogP contribution in [0.1, 0.15) is 21.5 Å². The molecule has 0 saturated carbocycles. The Morgan fingerprint density at radius 2 is 1.74 bits per heavy atom. The molecular weight excluding hydrogens is 685 g/mol. The summed E-state index contributed by atoms with van der Waals surface area (Å²) in [5, 5.41) is 12.2. The van der Waals surface area contributed by atoms with E-state index in [0.29, 0.717) is 28.1 Å². The molecule has 0 aromatic heterocycles. The van der Waals surface area contributed by atoms with Crippen molar-refractivity contribution in [2.75, 3.05) is 0 Å². The van der Waals surface area contributed by atoms with E-state index >= 15 is 0 Å². The number of halogens is 3. The molecule has 0 aliphatic carbocycles. The number of rotatable bonds is 6. The maximum atomic E-state index is 13.1. The molecule has 1 saturated heterocycles. The van der Waals surface area contributed by atoms with Crippen molar-refractivity contribution >= 4 is 85.8 Å². The number of carbonyl (C=O) groups is 2. The topological polar surface area (TPSA) is 88.0 Å². The number of aliphatic imine (C=N–C) groups is 1. The number of carbonyl (C=O) groups excluding carboxylic acids is 1. The van der Waals surface area contributed by atoms with Crippen LogP contribution < -0.4 is 10.1 Å². The minimum absolute atomic E-state index is 0.227. The molecule has 6 nitrogen and oxygen atoms in total. The number of nitrogens with one attached hydrogen (secondary N) is 1. The molecule has 10 heteroatoms. The van der Waals surface area contributed by atoms with Crippen molar-refractivity contribution in [1.82, 2.24) is 5.32 Å². The maximum Gasteiger partial charge on any atom is 0.335 e. The lowest BCUT2D eigenvalue weighted by atomic mass is 10.1. The Morgan fingerprint density at radius 1 is 1.09 bits per heavy atom. The Bertz CT molecular complexity index is 1300. The van der Waals surface area contributed by atoms with Crippen molar-refractivity contribution in [2.24, 2.45) is 4.99 Å². The predicted octanol–water partition coefficient (Wildman–Crippen LogP) is 6.20. The van der Waals surface area contributed by atoms with Gasteiger partial charge in [0.05, 0.1) is 23.3 Å². The zero-order valence-electron chi connectivity index (χ0n) is 17.2. The summed E-state index contributed by atoms with van der Waals surface area (Å²) in [6.45, 7) is 0.299. The van der Waals surface area contributed by atoms with Gasteiger partial charge in [-0.15, -0.1) is 0 Å². The van der Waals surface area contributed by atoms with Crippen LogP contribution in [0.2, 0.25) is 0 Å². The van der Waals surface area contributed by atoms with Crippen molar-refractivity contribution in [3.63, 3.8) is 0 Å². The van der Waals surface area contributed by atoms with Crippen LogP contribution in [-0.4, -0.2) is 22.2 Å². The molecule has 0 radical (unpaired) electrons. The van der Waals surface area contributed by atoms with E-state index < -0.39 is 5.97 Å². The molecule has 3 aromatic carbocycles. The Hall–Kier alpha value is -2.45. The third-order valence-electron chi connectivity index (χ3n) is 4.61. The molecule has 0 unspecified atom stereocenters. The molecule has 34 heavy (non-hydrogen) atoms. The highest BCUT2D eigenvalue weighted by Crippen LogP contribution is 2.33. The zero-order chi connectivity index (χ0) is 24.2. The summed E-state index contributed by atoms with van der Waals surface area (Å²) in [6, 6.07) is 16.1. The van der Waals surface area contributed by atoms with Gasteiger partial charge in [0.15, 0.2) is 5.17 Å². The number of benzene rings is 3. The van der Waals surface area contributed by atoms with E-state index in [-0.39, 0.29) is 17.3 Å². The fraction of sp³-hybridized carbons (Fsp3) is 0.0417. The van der Waals surface area contributed by atoms with E-state index in [0.717, 1.165) is 18.3 Å². The van der Waals surface area contributed by atoms with E-state index in [9.17, 15) is 14.0 Å². The number of amides is 1. The summed E-state index contributed by atoms with van der Waals surface area (Å²) >= 11 is 5.58. The van der Waals surface area contributed by atoms with Gasteiger partial charge in [0.1, 0.15) is 18.2 Å². The third kappa shape index (κ3) is 6.16. The Morgan fingerprint density at radius 3 is 2.35 bits per heavy atom. The summed E-state index contributed by atoms with van der Waals surface area (Å²) in [4.78, 5) is 28.2. The average molecular weight is 700 g/mol. The van der Waals surface area contributed by atoms with Gasteiger partial charge in [0.25, 0.3) is 5.91 Å². The Labute approximate surface area is 226 Å². The van der Waals surface area contributed by atoms with E-state index in [1.165, 1.54) is 23.9 Å². The monoisotopic (exact) mass is 700 g/mol. The van der Waals surface area contributed by atoms with Gasteiger partial charge in [0.2, 0.25) is 0 Å². The highest BCUT2D eigenvalue weighted by atomic mass is 127. The van der Waals surface area contributed by atoms with Crippen molar-refractivity contribution in [3.05, 3.63) is 95.2 Å². The first-order valence-corrected chi connectivity index (χ1v) is 12.7. The number of carboxylic acid groups (broad SMARTS) is 1. The average Bonchev–Trinajstić information content (AvgIpc) is 3.13. The molecule has 0 bridgehead atoms. The van der Waals surface area contributed by atoms with Crippen LogP contribution in [0.15, 0.2) is 70.6 Å². The first-order chi connectivity index (χ1) is 16.3. The Balaban J connectivity index is 1.47. The summed E-state index contributed by atoms with van der Waals surface area (Å²) in [5.74, 6) is -0.849. The van der Waals surface area contributed by atoms with Crippen LogP contribution in [0.4, 0.5) is 10.1 Å². The molecule has 4 rings (SSSR count). The molecule has 1 heterocycles. The van der Waals surface area contributed by atoms with Gasteiger partial charge in [-0.25, -0.2) is 14.2 Å². The summed E-state index contributed by atoms with van der Waals surface area (Å²) in [7, 11) is 0. The minimum atomic E-state index is -0.968. The van der Waals surface area contributed by atoms with Crippen LogP contribution in [-0.2, 0) is 11.4 Å². The van der Waals surface area contributed by atoms with Gasteiger partial charge in [-0.1, -0.05) is 12.1 Å². The number of hydrogen-bond donors (Lipinski definition) is 2. The van der Waals surface area contributed by atoms with Crippen LogP contribution in [0.5, 0.6) is 5.75 Å². The van der Waals surface area contributed by atoms with E-state index in [1.807, 2.05) is 12.1 Å². The number of ether oxygens (including phenoxy) is 1. The van der Waals surface area contributed by atoms with Crippen LogP contribution >= 0.6 is 56.9 Å². The first kappa shape index (κ1) is 24.7. The fourth-order valence-electron chi connectivity index (χ4n) is 2.96. The van der Waals surface area contributed by atoms with Gasteiger partial charge in [-0.2, -0.15) is 0 Å². The van der Waals surface area contributed by atoms with Crippen molar-refractivity contribution in [3.8, 4) is 5.75 Å². The van der Waals surface area contributed by atoms with Crippen molar-refractivity contribution < 1.29 is 23.8 Å². The lowest BCUT2D eigenvalue weighted by molar-refractivity contribution is -0.115. The van der Waals surface area contributed by atoms with Crippen molar-refractivity contribution in [2.45, 2.75) is 6.61 Å². The number of aromatic carboxylic acids is 1. The largest absolute Gasteiger partial charge is 0.487 e. The normalized spacial score (nSPS) is 15.6. The summed E-state index contributed by atoms with van der Waals surface area (Å²) in [6.07, 6.45) is 1.78. The number of carboxylic acids is 1. The first-order valence-electron chi connectivity index (χ1n) is 9.78. The summed E-state index contributed by atoms with van der Waals surface area (Å²) in [5.41, 5.74) is 2.47. The molecule has 0 atom stereocenters.